The zero-order chi connectivity index (χ0) is 19.9. The highest BCUT2D eigenvalue weighted by Crippen LogP contribution is 2.29. The molecule has 28 heavy (non-hydrogen) atoms. The predicted octanol–water partition coefficient (Wildman–Crippen LogP) is 2.87. The third-order valence-corrected chi connectivity index (χ3v) is 3.90. The summed E-state index contributed by atoms with van der Waals surface area (Å²) in [7, 11) is 3.04. The molecule has 8 heteroatoms. The molecule has 0 saturated heterocycles. The van der Waals surface area contributed by atoms with E-state index < -0.39 is 5.91 Å². The Labute approximate surface area is 161 Å². The van der Waals surface area contributed by atoms with Crippen molar-refractivity contribution in [1.82, 2.24) is 10.3 Å². The Hall–Kier alpha value is -3.81. The van der Waals surface area contributed by atoms with Gasteiger partial charge in [-0.2, -0.15) is 0 Å². The van der Waals surface area contributed by atoms with Gasteiger partial charge in [-0.1, -0.05) is 0 Å². The van der Waals surface area contributed by atoms with E-state index in [-0.39, 0.29) is 18.1 Å². The largest absolute Gasteiger partial charge is 0.493 e. The van der Waals surface area contributed by atoms with Gasteiger partial charge in [0.15, 0.2) is 11.5 Å². The summed E-state index contributed by atoms with van der Waals surface area (Å²) in [6.45, 7) is 0.251. The number of benzene rings is 1. The zero-order valence-corrected chi connectivity index (χ0v) is 15.4. The van der Waals surface area contributed by atoms with Crippen LogP contribution in [0.4, 0.5) is 5.69 Å². The first-order valence-corrected chi connectivity index (χ1v) is 8.40. The van der Waals surface area contributed by atoms with Crippen molar-refractivity contribution >= 4 is 17.5 Å². The van der Waals surface area contributed by atoms with E-state index in [0.29, 0.717) is 28.5 Å². The fourth-order valence-electron chi connectivity index (χ4n) is 2.49. The first-order chi connectivity index (χ1) is 13.6. The van der Waals surface area contributed by atoms with Crippen LogP contribution < -0.4 is 20.1 Å². The number of methoxy groups -OCH3 is 2. The SMILES string of the molecule is COc1ccc(NC(=O)c2cc(C(=O)NCc3ccco3)ccn2)cc1OC. The normalized spacial score (nSPS) is 10.2. The molecule has 2 N–H and O–H groups in total. The minimum Gasteiger partial charge on any atom is -0.493 e. The molecule has 0 unspecified atom stereocenters. The molecule has 2 heterocycles. The lowest BCUT2D eigenvalue weighted by molar-refractivity contribution is 0.0948. The number of anilines is 1. The fourth-order valence-corrected chi connectivity index (χ4v) is 2.49. The van der Waals surface area contributed by atoms with E-state index in [1.54, 1.807) is 30.3 Å². The van der Waals surface area contributed by atoms with Crippen molar-refractivity contribution in [3.63, 3.8) is 0 Å². The molecule has 8 nitrogen and oxygen atoms in total. The summed E-state index contributed by atoms with van der Waals surface area (Å²) in [4.78, 5) is 28.8. The van der Waals surface area contributed by atoms with E-state index in [9.17, 15) is 9.59 Å². The van der Waals surface area contributed by atoms with Crippen molar-refractivity contribution in [2.75, 3.05) is 19.5 Å². The number of pyridine rings is 1. The number of hydrogen-bond acceptors (Lipinski definition) is 6. The number of rotatable bonds is 7. The number of furan rings is 1. The van der Waals surface area contributed by atoms with E-state index in [4.69, 9.17) is 13.9 Å². The van der Waals surface area contributed by atoms with E-state index in [0.717, 1.165) is 0 Å². The fraction of sp³-hybridized carbons (Fsp3) is 0.150. The number of aromatic nitrogens is 1. The highest BCUT2D eigenvalue weighted by Gasteiger charge is 2.13. The van der Waals surface area contributed by atoms with Crippen LogP contribution >= 0.6 is 0 Å². The number of hydrogen-bond donors (Lipinski definition) is 2. The van der Waals surface area contributed by atoms with Gasteiger partial charge in [0.1, 0.15) is 11.5 Å². The van der Waals surface area contributed by atoms with Crippen LogP contribution in [-0.2, 0) is 6.54 Å². The molecule has 3 rings (SSSR count). The van der Waals surface area contributed by atoms with Crippen molar-refractivity contribution in [2.24, 2.45) is 0 Å². The Morgan fingerprint density at radius 2 is 1.86 bits per heavy atom. The average Bonchev–Trinajstić information content (AvgIpc) is 3.25. The third-order valence-electron chi connectivity index (χ3n) is 3.90. The van der Waals surface area contributed by atoms with Crippen LogP contribution in [0.5, 0.6) is 11.5 Å². The summed E-state index contributed by atoms with van der Waals surface area (Å²) in [6, 6.07) is 11.5. The van der Waals surface area contributed by atoms with Crippen LogP contribution in [0.1, 0.15) is 26.6 Å². The number of carbonyl (C=O) groups excluding carboxylic acids is 2. The highest BCUT2D eigenvalue weighted by molar-refractivity contribution is 6.04. The number of nitrogens with one attached hydrogen (secondary N) is 2. The van der Waals surface area contributed by atoms with Crippen molar-refractivity contribution in [3.8, 4) is 11.5 Å². The minimum atomic E-state index is -0.451. The summed E-state index contributed by atoms with van der Waals surface area (Å²) < 4.78 is 15.6. The Bertz CT molecular complexity index is 970. The maximum absolute atomic E-state index is 12.5. The molecule has 1 aromatic carbocycles. The highest BCUT2D eigenvalue weighted by atomic mass is 16.5. The molecule has 0 saturated carbocycles. The zero-order valence-electron chi connectivity index (χ0n) is 15.4. The first kappa shape index (κ1) is 19.0. The molecule has 0 radical (unpaired) electrons. The molecule has 2 aromatic heterocycles. The van der Waals surface area contributed by atoms with Crippen molar-refractivity contribution in [1.29, 1.82) is 0 Å². The van der Waals surface area contributed by atoms with Gasteiger partial charge in [-0.3, -0.25) is 14.6 Å². The van der Waals surface area contributed by atoms with E-state index in [2.05, 4.69) is 15.6 Å². The predicted molar refractivity (Wildman–Crippen MR) is 102 cm³/mol. The van der Waals surface area contributed by atoms with Gasteiger partial charge >= 0.3 is 0 Å². The molecule has 0 spiro atoms. The second kappa shape index (κ2) is 8.72. The maximum Gasteiger partial charge on any atom is 0.274 e. The molecule has 0 bridgehead atoms. The molecule has 144 valence electrons. The molecule has 0 fully saturated rings. The first-order valence-electron chi connectivity index (χ1n) is 8.40. The Balaban J connectivity index is 1.69. The number of carbonyl (C=O) groups is 2. The van der Waals surface area contributed by atoms with Gasteiger partial charge in [0, 0.05) is 23.5 Å². The average molecular weight is 381 g/mol. The lowest BCUT2D eigenvalue weighted by Crippen LogP contribution is -2.23. The standard InChI is InChI=1S/C20H19N3O5/c1-26-17-6-5-14(11-18(17)27-2)23-20(25)16-10-13(7-8-21-16)19(24)22-12-15-4-3-9-28-15/h3-11H,12H2,1-2H3,(H,22,24)(H,23,25). The van der Waals surface area contributed by atoms with Crippen LogP contribution in [0.15, 0.2) is 59.3 Å². The molecule has 0 aliphatic carbocycles. The molecular formula is C20H19N3O5. The van der Waals surface area contributed by atoms with Crippen molar-refractivity contribution < 1.29 is 23.5 Å². The summed E-state index contributed by atoms with van der Waals surface area (Å²) in [5.41, 5.74) is 0.941. The monoisotopic (exact) mass is 381 g/mol. The summed E-state index contributed by atoms with van der Waals surface area (Å²) in [5, 5.41) is 5.44. The molecule has 0 aliphatic rings. The molecule has 2 amide bonds. The van der Waals surface area contributed by atoms with Gasteiger partial charge in [0.25, 0.3) is 11.8 Å². The Morgan fingerprint density at radius 3 is 2.57 bits per heavy atom. The lowest BCUT2D eigenvalue weighted by Gasteiger charge is -2.10. The third kappa shape index (κ3) is 4.47. The van der Waals surface area contributed by atoms with Gasteiger partial charge in [-0.15, -0.1) is 0 Å². The molecule has 0 aliphatic heterocycles. The van der Waals surface area contributed by atoms with Gasteiger partial charge in [0.2, 0.25) is 0 Å². The number of nitrogens with zero attached hydrogens (tertiary/aromatic N) is 1. The second-order valence-corrected chi connectivity index (χ2v) is 5.72. The minimum absolute atomic E-state index is 0.112. The van der Waals surface area contributed by atoms with Crippen LogP contribution in [0.3, 0.4) is 0 Å². The summed E-state index contributed by atoms with van der Waals surface area (Å²) in [5.74, 6) is 0.883. The van der Waals surface area contributed by atoms with Crippen molar-refractivity contribution in [2.45, 2.75) is 6.54 Å². The molecule has 3 aromatic rings. The van der Waals surface area contributed by atoms with Crippen molar-refractivity contribution in [3.05, 3.63) is 71.9 Å². The van der Waals surface area contributed by atoms with Crippen LogP contribution in [0.2, 0.25) is 0 Å². The Morgan fingerprint density at radius 1 is 1.04 bits per heavy atom. The second-order valence-electron chi connectivity index (χ2n) is 5.72. The Kier molecular flexibility index (Phi) is 5.91. The van der Waals surface area contributed by atoms with Gasteiger partial charge in [-0.25, -0.2) is 0 Å². The van der Waals surface area contributed by atoms with E-state index in [1.807, 2.05) is 0 Å². The molecule has 0 atom stereocenters. The van der Waals surface area contributed by atoms with Gasteiger partial charge < -0.3 is 24.5 Å². The lowest BCUT2D eigenvalue weighted by atomic mass is 10.2. The maximum atomic E-state index is 12.5. The topological polar surface area (TPSA) is 103 Å². The number of amides is 2. The smallest absolute Gasteiger partial charge is 0.274 e. The quantitative estimate of drug-likeness (QED) is 0.652. The van der Waals surface area contributed by atoms with Crippen LogP contribution in [0, 0.1) is 0 Å². The van der Waals surface area contributed by atoms with Crippen LogP contribution in [0.25, 0.3) is 0 Å². The van der Waals surface area contributed by atoms with E-state index >= 15 is 0 Å². The van der Waals surface area contributed by atoms with Gasteiger partial charge in [-0.05, 0) is 36.4 Å². The summed E-state index contributed by atoms with van der Waals surface area (Å²) in [6.07, 6.45) is 2.94. The van der Waals surface area contributed by atoms with Gasteiger partial charge in [0.05, 0.1) is 27.0 Å². The number of ether oxygens (including phenoxy) is 2. The van der Waals surface area contributed by atoms with E-state index in [1.165, 1.54) is 38.8 Å². The molecular weight excluding hydrogens is 362 g/mol. The van der Waals surface area contributed by atoms with Crippen LogP contribution in [-0.4, -0.2) is 31.0 Å². The summed E-state index contributed by atoms with van der Waals surface area (Å²) >= 11 is 0.